The molecule has 25 heavy (non-hydrogen) atoms. The number of nitrogens with one attached hydrogen (secondary N) is 2. The summed E-state index contributed by atoms with van der Waals surface area (Å²) in [5, 5.41) is 20.7. The number of rotatable bonds is 3. The molecule has 0 saturated carbocycles. The molecule has 0 aliphatic heterocycles. The van der Waals surface area contributed by atoms with Crippen LogP contribution in [0, 0.1) is 11.5 Å². The van der Waals surface area contributed by atoms with E-state index in [-0.39, 0.29) is 5.56 Å². The maximum absolute atomic E-state index is 11.0. The molecule has 7 nitrogen and oxygen atoms in total. The Morgan fingerprint density at radius 2 is 2.08 bits per heavy atom. The molecule has 0 unspecified atom stereocenters. The van der Waals surface area contributed by atoms with Crippen LogP contribution in [-0.4, -0.2) is 32.5 Å². The third-order valence-corrected chi connectivity index (χ3v) is 4.04. The number of aliphatic imine (C=N–C) groups is 1. The van der Waals surface area contributed by atoms with Gasteiger partial charge >= 0.3 is 5.97 Å². The van der Waals surface area contributed by atoms with Gasteiger partial charge < -0.3 is 10.1 Å². The number of thioether (sulfide) groups is 1. The van der Waals surface area contributed by atoms with Crippen molar-refractivity contribution in [1.29, 1.82) is 5.26 Å². The second kappa shape index (κ2) is 7.07. The molecule has 3 aromatic rings. The lowest BCUT2D eigenvalue weighted by atomic mass is 10.2. The number of amidine groups is 1. The number of hydrogen-bond acceptors (Lipinski definition) is 5. The molecule has 0 atom stereocenters. The van der Waals surface area contributed by atoms with Crippen LogP contribution in [0.4, 0.5) is 5.69 Å². The van der Waals surface area contributed by atoms with Gasteiger partial charge in [-0.1, -0.05) is 11.8 Å². The summed E-state index contributed by atoms with van der Waals surface area (Å²) in [5.41, 5.74) is 3.14. The molecule has 0 bridgehead atoms. The summed E-state index contributed by atoms with van der Waals surface area (Å²) in [5.74, 6) is -0.329. The van der Waals surface area contributed by atoms with E-state index in [2.05, 4.69) is 20.3 Å². The predicted octanol–water partition coefficient (Wildman–Crippen LogP) is 3.35. The van der Waals surface area contributed by atoms with Crippen molar-refractivity contribution in [2.75, 3.05) is 6.26 Å². The first-order chi connectivity index (χ1) is 12.1. The zero-order valence-corrected chi connectivity index (χ0v) is 14.0. The number of aromatic carboxylic acids is 1. The smallest absolute Gasteiger partial charge is 0.335 e. The van der Waals surface area contributed by atoms with Crippen LogP contribution >= 0.6 is 11.8 Å². The Hall–Kier alpha value is -3.31. The van der Waals surface area contributed by atoms with E-state index in [1.54, 1.807) is 12.1 Å². The van der Waals surface area contributed by atoms with E-state index >= 15 is 0 Å². The molecule has 3 N–H and O–H groups in total. The van der Waals surface area contributed by atoms with E-state index in [0.717, 1.165) is 5.56 Å². The van der Waals surface area contributed by atoms with Gasteiger partial charge in [0.2, 0.25) is 0 Å². The second-order valence-electron chi connectivity index (χ2n) is 5.03. The highest BCUT2D eigenvalue weighted by molar-refractivity contribution is 8.13. The third kappa shape index (κ3) is 3.62. The van der Waals surface area contributed by atoms with E-state index < -0.39 is 5.97 Å². The van der Waals surface area contributed by atoms with Gasteiger partial charge in [-0.3, -0.25) is 5.32 Å². The zero-order valence-electron chi connectivity index (χ0n) is 13.1. The number of hydrogen-bond donors (Lipinski definition) is 3. The molecule has 0 fully saturated rings. The molecule has 124 valence electrons. The lowest BCUT2D eigenvalue weighted by Gasteiger charge is -2.01. The van der Waals surface area contributed by atoms with Crippen molar-refractivity contribution in [2.24, 2.45) is 4.99 Å². The first-order valence-electron chi connectivity index (χ1n) is 7.22. The van der Waals surface area contributed by atoms with Gasteiger partial charge in [0.1, 0.15) is 5.82 Å². The molecule has 0 amide bonds. The molecular formula is C17H13N5O2S. The molecule has 8 heteroatoms. The average molecular weight is 351 g/mol. The summed E-state index contributed by atoms with van der Waals surface area (Å²) in [4.78, 5) is 23.0. The van der Waals surface area contributed by atoms with Gasteiger partial charge in [-0.25, -0.2) is 14.8 Å². The second-order valence-corrected chi connectivity index (χ2v) is 5.82. The maximum atomic E-state index is 11.0. The number of H-pyrrole nitrogens is 1. The third-order valence-electron chi connectivity index (χ3n) is 3.46. The maximum Gasteiger partial charge on any atom is 0.335 e. The van der Waals surface area contributed by atoms with Crippen LogP contribution in [0.2, 0.25) is 0 Å². The fourth-order valence-electron chi connectivity index (χ4n) is 2.26. The molecule has 0 spiro atoms. The fourth-order valence-corrected chi connectivity index (χ4v) is 2.61. The molecule has 3 rings (SSSR count). The fraction of sp³-hybridized carbons (Fsp3) is 0.0588. The number of carboxylic acids is 1. The number of benzene rings is 2. The Bertz CT molecular complexity index is 1000. The summed E-state index contributed by atoms with van der Waals surface area (Å²) in [6.07, 6.45) is 3.68. The van der Waals surface area contributed by atoms with E-state index in [4.69, 9.17) is 10.4 Å². The van der Waals surface area contributed by atoms with Crippen LogP contribution in [-0.2, 0) is 0 Å². The predicted molar refractivity (Wildman–Crippen MR) is 97.8 cm³/mol. The van der Waals surface area contributed by atoms with E-state index in [0.29, 0.717) is 27.7 Å². The van der Waals surface area contributed by atoms with Crippen molar-refractivity contribution in [3.8, 4) is 17.6 Å². The number of carbonyl (C=O) groups is 1. The van der Waals surface area contributed by atoms with Gasteiger partial charge in [0, 0.05) is 5.56 Å². The number of imidazole rings is 1. The first-order valence-corrected chi connectivity index (χ1v) is 8.44. The van der Waals surface area contributed by atoms with Gasteiger partial charge in [0.15, 0.2) is 11.4 Å². The molecule has 0 aliphatic rings. The highest BCUT2D eigenvalue weighted by Gasteiger charge is 2.09. The van der Waals surface area contributed by atoms with Gasteiger partial charge in [0.25, 0.3) is 0 Å². The van der Waals surface area contributed by atoms with Gasteiger partial charge in [-0.15, -0.1) is 0 Å². The monoisotopic (exact) mass is 351 g/mol. The number of fused-ring (bicyclic) bond motifs is 1. The van der Waals surface area contributed by atoms with Gasteiger partial charge in [0.05, 0.1) is 22.3 Å². The van der Waals surface area contributed by atoms with Crippen LogP contribution < -0.4 is 5.32 Å². The Morgan fingerprint density at radius 3 is 2.72 bits per heavy atom. The van der Waals surface area contributed by atoms with Crippen molar-refractivity contribution in [3.63, 3.8) is 0 Å². The SMILES string of the molecule is CSC(=Nc1ccc(-c2nc3ccc(C(=O)O)cc3[nH]2)cc1)NC#N. The minimum absolute atomic E-state index is 0.210. The number of nitrogens with zero attached hydrogens (tertiary/aromatic N) is 3. The standard InChI is InChI=1S/C17H13N5O2S/c1-25-17(19-9-18)20-12-5-2-10(3-6-12)15-21-13-7-4-11(16(23)24)8-14(13)22-15/h2-8H,1H3,(H,19,20)(H,21,22)(H,23,24). The first kappa shape index (κ1) is 16.5. The molecular weight excluding hydrogens is 338 g/mol. The zero-order chi connectivity index (χ0) is 17.8. The number of aromatic nitrogens is 2. The van der Waals surface area contributed by atoms with Crippen LogP contribution in [0.25, 0.3) is 22.4 Å². The van der Waals surface area contributed by atoms with Crippen molar-refractivity contribution >= 4 is 39.6 Å². The lowest BCUT2D eigenvalue weighted by Crippen LogP contribution is -2.12. The van der Waals surface area contributed by atoms with E-state index in [1.165, 1.54) is 17.8 Å². The summed E-state index contributed by atoms with van der Waals surface area (Å²) >= 11 is 1.35. The van der Waals surface area contributed by atoms with Crippen molar-refractivity contribution in [2.45, 2.75) is 0 Å². The topological polar surface area (TPSA) is 114 Å². The van der Waals surface area contributed by atoms with Crippen LogP contribution in [0.5, 0.6) is 0 Å². The summed E-state index contributed by atoms with van der Waals surface area (Å²) < 4.78 is 0. The Balaban J connectivity index is 1.91. The molecule has 0 radical (unpaired) electrons. The number of nitriles is 1. The summed E-state index contributed by atoms with van der Waals surface area (Å²) in [7, 11) is 0. The molecule has 1 aromatic heterocycles. The van der Waals surface area contributed by atoms with Crippen LogP contribution in [0.3, 0.4) is 0 Å². The van der Waals surface area contributed by atoms with Gasteiger partial charge in [-0.2, -0.15) is 5.26 Å². The summed E-state index contributed by atoms with van der Waals surface area (Å²) in [6, 6.07) is 12.1. The molecule has 2 aromatic carbocycles. The largest absolute Gasteiger partial charge is 0.478 e. The quantitative estimate of drug-likeness (QED) is 0.288. The van der Waals surface area contributed by atoms with Crippen LogP contribution in [0.15, 0.2) is 47.5 Å². The van der Waals surface area contributed by atoms with Crippen molar-refractivity contribution in [3.05, 3.63) is 48.0 Å². The van der Waals surface area contributed by atoms with Crippen molar-refractivity contribution in [1.82, 2.24) is 15.3 Å². The number of carboxylic acid groups (broad SMARTS) is 1. The Labute approximate surface area is 147 Å². The lowest BCUT2D eigenvalue weighted by molar-refractivity contribution is 0.0697. The molecule has 0 saturated heterocycles. The van der Waals surface area contributed by atoms with Crippen LogP contribution in [0.1, 0.15) is 10.4 Å². The van der Waals surface area contributed by atoms with E-state index in [1.807, 2.05) is 36.7 Å². The molecule has 1 heterocycles. The number of aromatic amines is 1. The highest BCUT2D eigenvalue weighted by Crippen LogP contribution is 2.24. The van der Waals surface area contributed by atoms with E-state index in [9.17, 15) is 4.79 Å². The average Bonchev–Trinajstić information content (AvgIpc) is 3.05. The minimum Gasteiger partial charge on any atom is -0.478 e. The van der Waals surface area contributed by atoms with Gasteiger partial charge in [-0.05, 0) is 48.7 Å². The molecule has 0 aliphatic carbocycles. The summed E-state index contributed by atoms with van der Waals surface area (Å²) in [6.45, 7) is 0. The highest BCUT2D eigenvalue weighted by atomic mass is 32.2. The Kier molecular flexibility index (Phi) is 4.68. The Morgan fingerprint density at radius 1 is 1.32 bits per heavy atom. The minimum atomic E-state index is -0.976. The van der Waals surface area contributed by atoms with Crippen molar-refractivity contribution < 1.29 is 9.90 Å². The normalized spacial score (nSPS) is 11.3.